The number of benzene rings is 2. The van der Waals surface area contributed by atoms with Crippen LogP contribution in [-0.4, -0.2) is 10.8 Å². The van der Waals surface area contributed by atoms with Gasteiger partial charge in [0.1, 0.15) is 5.69 Å². The van der Waals surface area contributed by atoms with Gasteiger partial charge in [-0.3, -0.25) is 9.78 Å². The first-order chi connectivity index (χ1) is 9.25. The number of nitrogens with zero attached hydrogens (tertiary/aromatic N) is 1. The van der Waals surface area contributed by atoms with Crippen LogP contribution in [0.5, 0.6) is 0 Å². The van der Waals surface area contributed by atoms with Crippen LogP contribution in [0, 0.1) is 0 Å². The zero-order chi connectivity index (χ0) is 13.2. The van der Waals surface area contributed by atoms with Crippen LogP contribution in [0.3, 0.4) is 0 Å². The molecule has 3 rings (SSSR count). The maximum Gasteiger partial charge on any atom is 0.212 e. The quantitative estimate of drug-likeness (QED) is 0.654. The number of hydrogen-bond donors (Lipinski definition) is 0. The molecule has 0 unspecified atom stereocenters. The van der Waals surface area contributed by atoms with E-state index in [1.165, 1.54) is 0 Å². The van der Waals surface area contributed by atoms with Gasteiger partial charge in [-0.1, -0.05) is 48.0 Å². The predicted octanol–water partition coefficient (Wildman–Crippen LogP) is 4.12. The highest BCUT2D eigenvalue weighted by Gasteiger charge is 2.14. The molecule has 0 fully saturated rings. The molecular formula is C16H10ClNO. The lowest BCUT2D eigenvalue weighted by atomic mass is 10.0. The Kier molecular flexibility index (Phi) is 3.02. The number of hydrogen-bond acceptors (Lipinski definition) is 2. The summed E-state index contributed by atoms with van der Waals surface area (Å²) in [5.41, 5.74) is 0.888. The molecule has 2 aromatic carbocycles. The van der Waals surface area contributed by atoms with Crippen molar-refractivity contribution in [2.75, 3.05) is 0 Å². The van der Waals surface area contributed by atoms with Gasteiger partial charge in [-0.15, -0.1) is 0 Å². The molecule has 0 N–H and O–H groups in total. The SMILES string of the molecule is O=C(c1ccc2ccccc2c1)c1ncccc1Cl. The van der Waals surface area contributed by atoms with Gasteiger partial charge in [-0.25, -0.2) is 0 Å². The van der Waals surface area contributed by atoms with E-state index in [9.17, 15) is 4.79 Å². The van der Waals surface area contributed by atoms with Crippen LogP contribution < -0.4 is 0 Å². The topological polar surface area (TPSA) is 30.0 Å². The number of carbonyl (C=O) groups is 1. The molecule has 0 saturated heterocycles. The first-order valence-electron chi connectivity index (χ1n) is 5.90. The maximum absolute atomic E-state index is 12.4. The van der Waals surface area contributed by atoms with Gasteiger partial charge in [-0.2, -0.15) is 0 Å². The number of fused-ring (bicyclic) bond motifs is 1. The van der Waals surface area contributed by atoms with Crippen molar-refractivity contribution in [1.29, 1.82) is 0 Å². The van der Waals surface area contributed by atoms with Crippen molar-refractivity contribution in [3.05, 3.63) is 77.1 Å². The summed E-state index contributed by atoms with van der Waals surface area (Å²) < 4.78 is 0. The standard InChI is InChI=1S/C16H10ClNO/c17-14-6-3-9-18-15(14)16(19)13-8-7-11-4-1-2-5-12(11)10-13/h1-10H. The maximum atomic E-state index is 12.4. The van der Waals surface area contributed by atoms with Gasteiger partial charge < -0.3 is 0 Å². The second-order valence-electron chi connectivity index (χ2n) is 4.22. The molecule has 3 heteroatoms. The normalized spacial score (nSPS) is 10.6. The molecule has 19 heavy (non-hydrogen) atoms. The summed E-state index contributed by atoms with van der Waals surface area (Å²) in [4.78, 5) is 16.4. The van der Waals surface area contributed by atoms with Crippen molar-refractivity contribution in [2.24, 2.45) is 0 Å². The minimum Gasteiger partial charge on any atom is -0.287 e. The van der Waals surface area contributed by atoms with Crippen molar-refractivity contribution in [1.82, 2.24) is 4.98 Å². The first-order valence-corrected chi connectivity index (χ1v) is 6.27. The number of ketones is 1. The largest absolute Gasteiger partial charge is 0.287 e. The second-order valence-corrected chi connectivity index (χ2v) is 4.63. The Bertz CT molecular complexity index is 767. The van der Waals surface area contributed by atoms with E-state index in [0.717, 1.165) is 10.8 Å². The lowest BCUT2D eigenvalue weighted by Crippen LogP contribution is -2.04. The summed E-state index contributed by atoms with van der Waals surface area (Å²) in [5, 5.41) is 2.51. The zero-order valence-electron chi connectivity index (χ0n) is 10.0. The Morgan fingerprint density at radius 1 is 0.947 bits per heavy atom. The Labute approximate surface area is 115 Å². The van der Waals surface area contributed by atoms with Crippen molar-refractivity contribution in [2.45, 2.75) is 0 Å². The van der Waals surface area contributed by atoms with E-state index >= 15 is 0 Å². The van der Waals surface area contributed by atoms with Crippen LogP contribution in [0.2, 0.25) is 5.02 Å². The van der Waals surface area contributed by atoms with Crippen molar-refractivity contribution in [3.8, 4) is 0 Å². The molecule has 1 aromatic heterocycles. The molecule has 2 nitrogen and oxygen atoms in total. The molecule has 1 heterocycles. The van der Waals surface area contributed by atoms with Crippen LogP contribution in [0.1, 0.15) is 16.1 Å². The molecule has 0 aliphatic heterocycles. The Balaban J connectivity index is 2.09. The number of pyridine rings is 1. The first kappa shape index (κ1) is 11.9. The minimum absolute atomic E-state index is 0.156. The molecule has 0 aliphatic carbocycles. The van der Waals surface area contributed by atoms with Gasteiger partial charge in [0.05, 0.1) is 5.02 Å². The van der Waals surface area contributed by atoms with Gasteiger partial charge in [0, 0.05) is 11.8 Å². The number of aromatic nitrogens is 1. The molecule has 0 atom stereocenters. The van der Waals surface area contributed by atoms with Crippen LogP contribution >= 0.6 is 11.6 Å². The smallest absolute Gasteiger partial charge is 0.212 e. The Hall–Kier alpha value is -2.19. The molecule has 0 amide bonds. The van der Waals surface area contributed by atoms with E-state index in [0.29, 0.717) is 16.3 Å². The third kappa shape index (κ3) is 2.23. The fraction of sp³-hybridized carbons (Fsp3) is 0. The van der Waals surface area contributed by atoms with Gasteiger partial charge in [-0.05, 0) is 29.0 Å². The van der Waals surface area contributed by atoms with E-state index in [4.69, 9.17) is 11.6 Å². The van der Waals surface area contributed by atoms with E-state index in [2.05, 4.69) is 4.98 Å². The van der Waals surface area contributed by atoms with Crippen molar-refractivity contribution in [3.63, 3.8) is 0 Å². The van der Waals surface area contributed by atoms with Crippen LogP contribution in [0.15, 0.2) is 60.8 Å². The summed E-state index contributed by atoms with van der Waals surface area (Å²) in [7, 11) is 0. The zero-order valence-corrected chi connectivity index (χ0v) is 10.8. The van der Waals surface area contributed by atoms with E-state index in [1.54, 1.807) is 24.4 Å². The van der Waals surface area contributed by atoms with Crippen LogP contribution in [-0.2, 0) is 0 Å². The lowest BCUT2D eigenvalue weighted by Gasteiger charge is -2.04. The average molecular weight is 268 g/mol. The molecule has 0 spiro atoms. The van der Waals surface area contributed by atoms with Crippen LogP contribution in [0.25, 0.3) is 10.8 Å². The highest BCUT2D eigenvalue weighted by molar-refractivity contribution is 6.34. The van der Waals surface area contributed by atoms with Crippen LogP contribution in [0.4, 0.5) is 0 Å². The summed E-state index contributed by atoms with van der Waals surface area (Å²) in [6.45, 7) is 0. The summed E-state index contributed by atoms with van der Waals surface area (Å²) in [6, 6.07) is 16.9. The molecule has 0 aliphatic rings. The molecule has 3 aromatic rings. The minimum atomic E-state index is -0.156. The van der Waals surface area contributed by atoms with Crippen molar-refractivity contribution >= 4 is 28.2 Å². The second kappa shape index (κ2) is 4.82. The summed E-state index contributed by atoms with van der Waals surface area (Å²) in [6.07, 6.45) is 1.57. The average Bonchev–Trinajstić information content (AvgIpc) is 2.46. The van der Waals surface area contributed by atoms with Gasteiger partial charge >= 0.3 is 0 Å². The summed E-state index contributed by atoms with van der Waals surface area (Å²) >= 11 is 6.00. The summed E-state index contributed by atoms with van der Waals surface area (Å²) in [5.74, 6) is -0.156. The Morgan fingerprint density at radius 3 is 2.53 bits per heavy atom. The highest BCUT2D eigenvalue weighted by atomic mass is 35.5. The molecule has 0 radical (unpaired) electrons. The molecule has 0 bridgehead atoms. The number of rotatable bonds is 2. The van der Waals surface area contributed by atoms with E-state index in [1.807, 2.05) is 36.4 Å². The third-order valence-electron chi connectivity index (χ3n) is 2.99. The molecule has 92 valence electrons. The fourth-order valence-corrected chi connectivity index (χ4v) is 2.23. The lowest BCUT2D eigenvalue weighted by molar-refractivity contribution is 0.103. The number of carbonyl (C=O) groups excluding carboxylic acids is 1. The Morgan fingerprint density at radius 2 is 1.74 bits per heavy atom. The van der Waals surface area contributed by atoms with E-state index in [-0.39, 0.29) is 5.78 Å². The third-order valence-corrected chi connectivity index (χ3v) is 3.29. The molecule has 0 saturated carbocycles. The van der Waals surface area contributed by atoms with Crippen molar-refractivity contribution < 1.29 is 4.79 Å². The number of halogens is 1. The van der Waals surface area contributed by atoms with E-state index < -0.39 is 0 Å². The predicted molar refractivity (Wildman–Crippen MR) is 76.6 cm³/mol. The highest BCUT2D eigenvalue weighted by Crippen LogP contribution is 2.20. The van der Waals surface area contributed by atoms with Gasteiger partial charge in [0.2, 0.25) is 5.78 Å². The van der Waals surface area contributed by atoms with Gasteiger partial charge in [0.25, 0.3) is 0 Å². The fourth-order valence-electron chi connectivity index (χ4n) is 2.02. The molecular weight excluding hydrogens is 258 g/mol. The van der Waals surface area contributed by atoms with Gasteiger partial charge in [0.15, 0.2) is 0 Å². The monoisotopic (exact) mass is 267 g/mol.